The number of benzene rings is 1. The number of hydrogen-bond donors (Lipinski definition) is 1. The maximum atomic E-state index is 9.39. The van der Waals surface area contributed by atoms with Crippen LogP contribution in [-0.4, -0.2) is 24.4 Å². The molecule has 0 spiro atoms. The van der Waals surface area contributed by atoms with Crippen LogP contribution in [0.3, 0.4) is 0 Å². The van der Waals surface area contributed by atoms with Crippen molar-refractivity contribution in [2.24, 2.45) is 5.92 Å². The van der Waals surface area contributed by atoms with Gasteiger partial charge in [0.25, 0.3) is 0 Å². The Morgan fingerprint density at radius 2 is 1.94 bits per heavy atom. The van der Waals surface area contributed by atoms with Crippen LogP contribution in [0.25, 0.3) is 0 Å². The van der Waals surface area contributed by atoms with E-state index in [0.717, 1.165) is 19.4 Å². The molecule has 17 heavy (non-hydrogen) atoms. The summed E-state index contributed by atoms with van der Waals surface area (Å²) in [6.07, 6.45) is 2.13. The zero-order valence-corrected chi connectivity index (χ0v) is 11.1. The lowest BCUT2D eigenvalue weighted by Gasteiger charge is -2.16. The predicted molar refractivity (Wildman–Crippen MR) is 71.2 cm³/mol. The summed E-state index contributed by atoms with van der Waals surface area (Å²) in [6, 6.07) is 8.37. The summed E-state index contributed by atoms with van der Waals surface area (Å²) in [6.45, 7) is 7.16. The smallest absolute Gasteiger partial charge is 0.0518 e. The molecular weight excluding hydrogens is 212 g/mol. The number of hydrogen-bond acceptors (Lipinski definition) is 2. The quantitative estimate of drug-likeness (QED) is 0.788. The van der Waals surface area contributed by atoms with E-state index < -0.39 is 0 Å². The van der Waals surface area contributed by atoms with Crippen molar-refractivity contribution < 1.29 is 9.84 Å². The molecule has 0 aromatic heterocycles. The Kier molecular flexibility index (Phi) is 6.23. The third-order valence-corrected chi connectivity index (χ3v) is 3.01. The van der Waals surface area contributed by atoms with Gasteiger partial charge in [-0.3, -0.25) is 0 Å². The SMILES string of the molecule is Cc1ccccc1CC(CO)CCOC(C)C. The highest BCUT2D eigenvalue weighted by atomic mass is 16.5. The lowest BCUT2D eigenvalue weighted by atomic mass is 9.94. The molecule has 2 heteroatoms. The average Bonchev–Trinajstić information content (AvgIpc) is 2.30. The first-order valence-electron chi connectivity index (χ1n) is 6.40. The summed E-state index contributed by atoms with van der Waals surface area (Å²) in [5.41, 5.74) is 2.63. The van der Waals surface area contributed by atoms with Crippen LogP contribution in [-0.2, 0) is 11.2 Å². The topological polar surface area (TPSA) is 29.5 Å². The van der Waals surface area contributed by atoms with Gasteiger partial charge in [0.15, 0.2) is 0 Å². The molecule has 0 saturated heterocycles. The normalized spacial score (nSPS) is 13.0. The molecule has 0 saturated carbocycles. The van der Waals surface area contributed by atoms with Crippen molar-refractivity contribution in [1.29, 1.82) is 0 Å². The van der Waals surface area contributed by atoms with Crippen LogP contribution in [0.15, 0.2) is 24.3 Å². The molecule has 0 aliphatic heterocycles. The molecule has 0 amide bonds. The minimum atomic E-state index is 0.232. The van der Waals surface area contributed by atoms with E-state index in [2.05, 4.69) is 31.2 Å². The molecule has 1 aromatic carbocycles. The summed E-state index contributed by atoms with van der Waals surface area (Å²) < 4.78 is 5.53. The second-order valence-corrected chi connectivity index (χ2v) is 4.89. The van der Waals surface area contributed by atoms with Crippen LogP contribution in [0.1, 0.15) is 31.4 Å². The molecule has 2 nitrogen and oxygen atoms in total. The van der Waals surface area contributed by atoms with Gasteiger partial charge in [0, 0.05) is 13.2 Å². The summed E-state index contributed by atoms with van der Waals surface area (Å²) >= 11 is 0. The highest BCUT2D eigenvalue weighted by Crippen LogP contribution is 2.15. The molecule has 0 heterocycles. The first kappa shape index (κ1) is 14.2. The number of aliphatic hydroxyl groups excluding tert-OH is 1. The van der Waals surface area contributed by atoms with Gasteiger partial charge in [-0.1, -0.05) is 24.3 Å². The molecule has 0 radical (unpaired) electrons. The number of aliphatic hydroxyl groups is 1. The summed E-state index contributed by atoms with van der Waals surface area (Å²) in [4.78, 5) is 0. The van der Waals surface area contributed by atoms with E-state index in [1.165, 1.54) is 11.1 Å². The Balaban J connectivity index is 2.44. The number of aryl methyl sites for hydroxylation is 1. The van der Waals surface area contributed by atoms with Crippen molar-refractivity contribution in [3.63, 3.8) is 0 Å². The second-order valence-electron chi connectivity index (χ2n) is 4.89. The fraction of sp³-hybridized carbons (Fsp3) is 0.600. The summed E-state index contributed by atoms with van der Waals surface area (Å²) in [5, 5.41) is 9.39. The third-order valence-electron chi connectivity index (χ3n) is 3.01. The molecule has 0 aliphatic rings. The Labute approximate surface area is 105 Å². The fourth-order valence-corrected chi connectivity index (χ4v) is 1.88. The molecule has 1 N–H and O–H groups in total. The third kappa shape index (κ3) is 5.33. The zero-order valence-electron chi connectivity index (χ0n) is 11.1. The van der Waals surface area contributed by atoms with Crippen molar-refractivity contribution in [2.75, 3.05) is 13.2 Å². The second kappa shape index (κ2) is 7.46. The standard InChI is InChI=1S/C15H24O2/c1-12(2)17-9-8-14(11-16)10-15-7-5-4-6-13(15)3/h4-7,12,14,16H,8-11H2,1-3H3. The van der Waals surface area contributed by atoms with Gasteiger partial charge in [0.1, 0.15) is 0 Å². The van der Waals surface area contributed by atoms with Crippen molar-refractivity contribution >= 4 is 0 Å². The minimum Gasteiger partial charge on any atom is -0.396 e. The molecule has 0 fully saturated rings. The van der Waals surface area contributed by atoms with E-state index >= 15 is 0 Å². The van der Waals surface area contributed by atoms with Gasteiger partial charge in [-0.25, -0.2) is 0 Å². The van der Waals surface area contributed by atoms with Crippen LogP contribution in [0, 0.1) is 12.8 Å². The Morgan fingerprint density at radius 1 is 1.24 bits per heavy atom. The largest absolute Gasteiger partial charge is 0.396 e. The van der Waals surface area contributed by atoms with Crippen molar-refractivity contribution in [3.05, 3.63) is 35.4 Å². The van der Waals surface area contributed by atoms with Crippen LogP contribution < -0.4 is 0 Å². The summed E-state index contributed by atoms with van der Waals surface area (Å²) in [7, 11) is 0. The first-order valence-corrected chi connectivity index (χ1v) is 6.40. The van der Waals surface area contributed by atoms with Gasteiger partial charge in [-0.2, -0.15) is 0 Å². The molecule has 1 rings (SSSR count). The van der Waals surface area contributed by atoms with Gasteiger partial charge in [0.05, 0.1) is 6.10 Å². The Morgan fingerprint density at radius 3 is 2.53 bits per heavy atom. The molecule has 1 unspecified atom stereocenters. The average molecular weight is 236 g/mol. The van der Waals surface area contributed by atoms with Gasteiger partial charge in [0.2, 0.25) is 0 Å². The van der Waals surface area contributed by atoms with E-state index in [9.17, 15) is 5.11 Å². The molecule has 0 aliphatic carbocycles. The molecule has 0 bridgehead atoms. The van der Waals surface area contributed by atoms with E-state index in [4.69, 9.17) is 4.74 Å². The van der Waals surface area contributed by atoms with Gasteiger partial charge in [-0.15, -0.1) is 0 Å². The Bertz CT molecular complexity index is 320. The van der Waals surface area contributed by atoms with Gasteiger partial charge >= 0.3 is 0 Å². The maximum absolute atomic E-state index is 9.39. The highest BCUT2D eigenvalue weighted by Gasteiger charge is 2.10. The monoisotopic (exact) mass is 236 g/mol. The van der Waals surface area contributed by atoms with E-state index in [1.54, 1.807) is 0 Å². The van der Waals surface area contributed by atoms with E-state index in [1.807, 2.05) is 13.8 Å². The van der Waals surface area contributed by atoms with Gasteiger partial charge < -0.3 is 9.84 Å². The van der Waals surface area contributed by atoms with Gasteiger partial charge in [-0.05, 0) is 50.7 Å². The predicted octanol–water partition coefficient (Wildman–Crippen LogP) is 2.96. The maximum Gasteiger partial charge on any atom is 0.0518 e. The zero-order chi connectivity index (χ0) is 12.7. The van der Waals surface area contributed by atoms with Crippen LogP contribution in [0.2, 0.25) is 0 Å². The molecule has 96 valence electrons. The molecular formula is C15H24O2. The summed E-state index contributed by atoms with van der Waals surface area (Å²) in [5.74, 6) is 0.301. The van der Waals surface area contributed by atoms with E-state index in [-0.39, 0.29) is 12.7 Å². The van der Waals surface area contributed by atoms with Crippen molar-refractivity contribution in [3.8, 4) is 0 Å². The lowest BCUT2D eigenvalue weighted by Crippen LogP contribution is -2.15. The first-order chi connectivity index (χ1) is 8.13. The van der Waals surface area contributed by atoms with Crippen LogP contribution in [0.4, 0.5) is 0 Å². The fourth-order valence-electron chi connectivity index (χ4n) is 1.88. The van der Waals surface area contributed by atoms with Crippen LogP contribution >= 0.6 is 0 Å². The minimum absolute atomic E-state index is 0.232. The van der Waals surface area contributed by atoms with E-state index in [0.29, 0.717) is 5.92 Å². The lowest BCUT2D eigenvalue weighted by molar-refractivity contribution is 0.0612. The number of ether oxygens (including phenoxy) is 1. The Hall–Kier alpha value is -0.860. The van der Waals surface area contributed by atoms with Crippen molar-refractivity contribution in [1.82, 2.24) is 0 Å². The van der Waals surface area contributed by atoms with Crippen LogP contribution in [0.5, 0.6) is 0 Å². The number of rotatable bonds is 7. The molecule has 1 atom stereocenters. The van der Waals surface area contributed by atoms with Crippen molar-refractivity contribution in [2.45, 2.75) is 39.7 Å². The molecule has 1 aromatic rings. The highest BCUT2D eigenvalue weighted by molar-refractivity contribution is 5.25.